The highest BCUT2D eigenvalue weighted by Gasteiger charge is 2.16. The summed E-state index contributed by atoms with van der Waals surface area (Å²) in [5, 5.41) is 12.5. The summed E-state index contributed by atoms with van der Waals surface area (Å²) in [6.07, 6.45) is 2.35. The maximum absolute atomic E-state index is 11.9. The number of H-pyrrole nitrogens is 1. The fourth-order valence-corrected chi connectivity index (χ4v) is 2.06. The third-order valence-corrected chi connectivity index (χ3v) is 3.25. The first kappa shape index (κ1) is 14.1. The van der Waals surface area contributed by atoms with Crippen LogP contribution in [0.5, 0.6) is 0 Å². The van der Waals surface area contributed by atoms with Crippen LogP contribution in [-0.2, 0) is 11.2 Å². The number of rotatable bonds is 5. The fraction of sp³-hybridized carbons (Fsp3) is 0.333. The Labute approximate surface area is 117 Å². The number of aromatic nitrogens is 1. The molecule has 2 atom stereocenters. The molecule has 4 N–H and O–H groups in total. The zero-order chi connectivity index (χ0) is 14.5. The number of nitrogens with one attached hydrogen (secondary N) is 2. The van der Waals surface area contributed by atoms with E-state index in [0.29, 0.717) is 13.0 Å². The van der Waals surface area contributed by atoms with Gasteiger partial charge >= 0.3 is 0 Å². The number of hydrogen-bond donors (Lipinski definition) is 3. The topological polar surface area (TPSA) is 94.7 Å². The summed E-state index contributed by atoms with van der Waals surface area (Å²) < 4.78 is 0. The minimum atomic E-state index is -0.611. The highest BCUT2D eigenvalue weighted by molar-refractivity contribution is 5.86. The zero-order valence-corrected chi connectivity index (χ0v) is 11.4. The number of carbonyl (C=O) groups excluding carboxylic acids is 1. The van der Waals surface area contributed by atoms with E-state index in [9.17, 15) is 4.79 Å². The first-order valence-electron chi connectivity index (χ1n) is 6.59. The Morgan fingerprint density at radius 2 is 2.25 bits per heavy atom. The summed E-state index contributed by atoms with van der Waals surface area (Å²) in [4.78, 5) is 15.0. The van der Waals surface area contributed by atoms with Gasteiger partial charge in [-0.05, 0) is 25.0 Å². The molecule has 5 nitrogen and oxygen atoms in total. The molecular formula is C15H18N4O. The summed E-state index contributed by atoms with van der Waals surface area (Å²) in [5.74, 6) is -0.434. The monoisotopic (exact) mass is 270 g/mol. The van der Waals surface area contributed by atoms with Crippen LogP contribution in [0.1, 0.15) is 12.5 Å². The molecule has 0 saturated heterocycles. The second kappa shape index (κ2) is 6.22. The number of para-hydroxylation sites is 1. The normalized spacial score (nSPS) is 13.7. The van der Waals surface area contributed by atoms with Gasteiger partial charge in [0.2, 0.25) is 5.91 Å². The van der Waals surface area contributed by atoms with Crippen LogP contribution >= 0.6 is 0 Å². The van der Waals surface area contributed by atoms with Crippen LogP contribution < -0.4 is 11.1 Å². The Morgan fingerprint density at radius 3 is 3.00 bits per heavy atom. The van der Waals surface area contributed by atoms with Crippen molar-refractivity contribution in [3.63, 3.8) is 0 Å². The Balaban J connectivity index is 1.99. The molecule has 1 aromatic heterocycles. The number of nitrogens with zero attached hydrogens (tertiary/aromatic N) is 1. The highest BCUT2D eigenvalue weighted by Crippen LogP contribution is 2.18. The summed E-state index contributed by atoms with van der Waals surface area (Å²) in [6.45, 7) is 2.09. The summed E-state index contributed by atoms with van der Waals surface area (Å²) in [6, 6.07) is 9.36. The first-order valence-corrected chi connectivity index (χ1v) is 6.59. The zero-order valence-electron chi connectivity index (χ0n) is 11.4. The largest absolute Gasteiger partial charge is 0.361 e. The number of amides is 1. The SMILES string of the molecule is CC(C#N)CNC(=O)C(N)Cc1c[nH]c2ccccc12. The maximum atomic E-state index is 11.9. The first-order chi connectivity index (χ1) is 9.61. The molecule has 0 spiro atoms. The molecule has 104 valence electrons. The molecular weight excluding hydrogens is 252 g/mol. The molecule has 0 fully saturated rings. The van der Waals surface area contributed by atoms with Crippen molar-refractivity contribution in [2.45, 2.75) is 19.4 Å². The average Bonchev–Trinajstić information content (AvgIpc) is 2.87. The van der Waals surface area contributed by atoms with Crippen molar-refractivity contribution in [2.24, 2.45) is 11.7 Å². The van der Waals surface area contributed by atoms with E-state index in [-0.39, 0.29) is 11.8 Å². The molecule has 0 aliphatic rings. The van der Waals surface area contributed by atoms with Crippen molar-refractivity contribution in [3.8, 4) is 6.07 Å². The Morgan fingerprint density at radius 1 is 1.50 bits per heavy atom. The second-order valence-corrected chi connectivity index (χ2v) is 4.95. The Bertz CT molecular complexity index is 641. The van der Waals surface area contributed by atoms with E-state index in [1.807, 2.05) is 30.5 Å². The molecule has 0 radical (unpaired) electrons. The quantitative estimate of drug-likeness (QED) is 0.764. The van der Waals surface area contributed by atoms with Gasteiger partial charge in [-0.3, -0.25) is 4.79 Å². The smallest absolute Gasteiger partial charge is 0.237 e. The Hall–Kier alpha value is -2.32. The van der Waals surface area contributed by atoms with Crippen molar-refractivity contribution in [3.05, 3.63) is 36.0 Å². The van der Waals surface area contributed by atoms with Crippen molar-refractivity contribution in [1.82, 2.24) is 10.3 Å². The van der Waals surface area contributed by atoms with Crippen molar-refractivity contribution in [2.75, 3.05) is 6.54 Å². The molecule has 0 saturated carbocycles. The van der Waals surface area contributed by atoms with Gasteiger partial charge in [0.1, 0.15) is 0 Å². The average molecular weight is 270 g/mol. The lowest BCUT2D eigenvalue weighted by Crippen LogP contribution is -2.43. The second-order valence-electron chi connectivity index (χ2n) is 4.95. The minimum absolute atomic E-state index is 0.209. The van der Waals surface area contributed by atoms with Crippen LogP contribution in [-0.4, -0.2) is 23.5 Å². The molecule has 20 heavy (non-hydrogen) atoms. The summed E-state index contributed by atoms with van der Waals surface area (Å²) >= 11 is 0. The van der Waals surface area contributed by atoms with Gasteiger partial charge in [-0.15, -0.1) is 0 Å². The van der Waals surface area contributed by atoms with Gasteiger partial charge in [-0.2, -0.15) is 5.26 Å². The number of nitrogens with two attached hydrogens (primary N) is 1. The van der Waals surface area contributed by atoms with Gasteiger partial charge in [0.15, 0.2) is 0 Å². The number of hydrogen-bond acceptors (Lipinski definition) is 3. The van der Waals surface area contributed by atoms with Crippen molar-refractivity contribution < 1.29 is 4.79 Å². The summed E-state index contributed by atoms with van der Waals surface area (Å²) in [7, 11) is 0. The third-order valence-electron chi connectivity index (χ3n) is 3.25. The van der Waals surface area contributed by atoms with Crippen LogP contribution in [0.25, 0.3) is 10.9 Å². The van der Waals surface area contributed by atoms with Crippen molar-refractivity contribution >= 4 is 16.8 Å². The van der Waals surface area contributed by atoms with E-state index in [4.69, 9.17) is 11.0 Å². The van der Waals surface area contributed by atoms with Crippen LogP contribution in [0.2, 0.25) is 0 Å². The maximum Gasteiger partial charge on any atom is 0.237 e. The predicted octanol–water partition coefficient (Wildman–Crippen LogP) is 1.31. The third kappa shape index (κ3) is 3.16. The number of carbonyl (C=O) groups is 1. The van der Waals surface area contributed by atoms with Gasteiger partial charge in [0, 0.05) is 23.6 Å². The number of nitriles is 1. The van der Waals surface area contributed by atoms with Gasteiger partial charge in [0.25, 0.3) is 0 Å². The number of aromatic amines is 1. The van der Waals surface area contributed by atoms with E-state index >= 15 is 0 Å². The molecule has 2 rings (SSSR count). The lowest BCUT2D eigenvalue weighted by Gasteiger charge is -2.12. The fourth-order valence-electron chi connectivity index (χ4n) is 2.06. The van der Waals surface area contributed by atoms with Gasteiger partial charge < -0.3 is 16.0 Å². The molecule has 1 heterocycles. The molecule has 2 unspecified atom stereocenters. The van der Waals surface area contributed by atoms with E-state index in [0.717, 1.165) is 16.5 Å². The molecule has 2 aromatic rings. The highest BCUT2D eigenvalue weighted by atomic mass is 16.2. The summed E-state index contributed by atoms with van der Waals surface area (Å²) in [5.41, 5.74) is 7.98. The van der Waals surface area contributed by atoms with Gasteiger partial charge in [0.05, 0.1) is 18.0 Å². The molecule has 0 bridgehead atoms. The van der Waals surface area contributed by atoms with Gasteiger partial charge in [-0.25, -0.2) is 0 Å². The Kier molecular flexibility index (Phi) is 4.38. The van der Waals surface area contributed by atoms with Gasteiger partial charge in [-0.1, -0.05) is 18.2 Å². The van der Waals surface area contributed by atoms with E-state index in [2.05, 4.69) is 16.4 Å². The number of fused-ring (bicyclic) bond motifs is 1. The molecule has 0 aliphatic carbocycles. The molecule has 0 aliphatic heterocycles. The van der Waals surface area contributed by atoms with Crippen LogP contribution in [0.4, 0.5) is 0 Å². The van der Waals surface area contributed by atoms with E-state index in [1.54, 1.807) is 6.92 Å². The molecule has 1 amide bonds. The van der Waals surface area contributed by atoms with E-state index < -0.39 is 6.04 Å². The van der Waals surface area contributed by atoms with E-state index in [1.165, 1.54) is 0 Å². The number of benzene rings is 1. The minimum Gasteiger partial charge on any atom is -0.361 e. The van der Waals surface area contributed by atoms with Crippen LogP contribution in [0.15, 0.2) is 30.5 Å². The lowest BCUT2D eigenvalue weighted by molar-refractivity contribution is -0.122. The molecule has 1 aromatic carbocycles. The lowest BCUT2D eigenvalue weighted by atomic mass is 10.0. The standard InChI is InChI=1S/C15H18N4O/c1-10(7-16)8-19-15(20)13(17)6-11-9-18-14-5-3-2-4-12(11)14/h2-5,9-10,13,18H,6,8,17H2,1H3,(H,19,20). The predicted molar refractivity (Wildman–Crippen MR) is 77.8 cm³/mol. The molecule has 5 heteroatoms. The van der Waals surface area contributed by atoms with Crippen LogP contribution in [0.3, 0.4) is 0 Å². The van der Waals surface area contributed by atoms with Crippen molar-refractivity contribution in [1.29, 1.82) is 5.26 Å². The van der Waals surface area contributed by atoms with Crippen LogP contribution in [0, 0.1) is 17.2 Å².